The van der Waals surface area contributed by atoms with E-state index in [4.69, 9.17) is 5.73 Å². The third kappa shape index (κ3) is 2.90. The molecule has 2 rings (SSSR count). The summed E-state index contributed by atoms with van der Waals surface area (Å²) in [6.45, 7) is 4.72. The zero-order valence-corrected chi connectivity index (χ0v) is 12.1. The summed E-state index contributed by atoms with van der Waals surface area (Å²) in [5.74, 6) is 0.712. The molecule has 2 heterocycles. The van der Waals surface area contributed by atoms with Crippen LogP contribution in [0.15, 0.2) is 10.9 Å². The monoisotopic (exact) mass is 284 g/mol. The van der Waals surface area contributed by atoms with E-state index in [1.54, 1.807) is 17.8 Å². The number of aromatic nitrogens is 3. The quantitative estimate of drug-likeness (QED) is 0.895. The predicted octanol–water partition coefficient (Wildman–Crippen LogP) is 1.29. The minimum Gasteiger partial charge on any atom is -0.329 e. The molecule has 1 atom stereocenters. The van der Waals surface area contributed by atoms with Gasteiger partial charge >= 0.3 is 0 Å². The van der Waals surface area contributed by atoms with Crippen molar-refractivity contribution < 1.29 is 0 Å². The standard InChI is InChI=1S/C11H16N4OS2/c1-3-9-14-15-10(16)4-8(13-11(15)18-9)6-17-7(2)5-12/h4,7H,3,5-6,12H2,1-2H3. The van der Waals surface area contributed by atoms with Gasteiger partial charge < -0.3 is 5.73 Å². The maximum Gasteiger partial charge on any atom is 0.275 e. The lowest BCUT2D eigenvalue weighted by atomic mass is 10.4. The fraction of sp³-hybridized carbons (Fsp3) is 0.545. The summed E-state index contributed by atoms with van der Waals surface area (Å²) in [5, 5.41) is 5.52. The number of hydrogen-bond donors (Lipinski definition) is 1. The van der Waals surface area contributed by atoms with Gasteiger partial charge in [-0.1, -0.05) is 25.2 Å². The fourth-order valence-corrected chi connectivity index (χ4v) is 3.01. The third-order valence-corrected chi connectivity index (χ3v) is 4.77. The topological polar surface area (TPSA) is 73.3 Å². The van der Waals surface area contributed by atoms with Crippen molar-refractivity contribution in [1.29, 1.82) is 0 Å². The number of nitrogens with two attached hydrogens (primary N) is 1. The molecule has 2 N–H and O–H groups in total. The second-order valence-corrected chi connectivity index (χ2v) is 6.45. The normalized spacial score (nSPS) is 13.1. The van der Waals surface area contributed by atoms with Crippen molar-refractivity contribution in [3.8, 4) is 0 Å². The fourth-order valence-electron chi connectivity index (χ4n) is 1.41. The Morgan fingerprint density at radius 1 is 1.61 bits per heavy atom. The zero-order valence-electron chi connectivity index (χ0n) is 10.4. The molecule has 0 saturated carbocycles. The Kier molecular flexibility index (Phi) is 4.36. The predicted molar refractivity (Wildman–Crippen MR) is 76.3 cm³/mol. The summed E-state index contributed by atoms with van der Waals surface area (Å²) in [7, 11) is 0. The smallest absolute Gasteiger partial charge is 0.275 e. The van der Waals surface area contributed by atoms with Gasteiger partial charge in [0.15, 0.2) is 0 Å². The van der Waals surface area contributed by atoms with Gasteiger partial charge in [-0.3, -0.25) is 4.79 Å². The van der Waals surface area contributed by atoms with Crippen LogP contribution in [0.25, 0.3) is 4.96 Å². The molecule has 0 aliphatic rings. The van der Waals surface area contributed by atoms with Crippen molar-refractivity contribution >= 4 is 28.1 Å². The molecular formula is C11H16N4OS2. The molecule has 0 aliphatic heterocycles. The average molecular weight is 284 g/mol. The molecular weight excluding hydrogens is 268 g/mol. The number of rotatable bonds is 5. The van der Waals surface area contributed by atoms with Crippen LogP contribution in [-0.2, 0) is 12.2 Å². The van der Waals surface area contributed by atoms with Crippen LogP contribution < -0.4 is 11.3 Å². The van der Waals surface area contributed by atoms with Crippen LogP contribution in [0.2, 0.25) is 0 Å². The molecule has 1 unspecified atom stereocenters. The lowest BCUT2D eigenvalue weighted by Gasteiger charge is -2.06. The summed E-state index contributed by atoms with van der Waals surface area (Å²) >= 11 is 3.18. The Morgan fingerprint density at radius 2 is 2.39 bits per heavy atom. The van der Waals surface area contributed by atoms with E-state index >= 15 is 0 Å². The second kappa shape index (κ2) is 5.81. The van der Waals surface area contributed by atoms with Gasteiger partial charge in [0.1, 0.15) is 5.01 Å². The Balaban J connectivity index is 2.28. The summed E-state index contributed by atoms with van der Waals surface area (Å²) in [6, 6.07) is 1.56. The maximum atomic E-state index is 11.9. The van der Waals surface area contributed by atoms with Crippen molar-refractivity contribution in [2.75, 3.05) is 6.54 Å². The lowest BCUT2D eigenvalue weighted by molar-refractivity contribution is 0.852. The number of aryl methyl sites for hydroxylation is 1. The van der Waals surface area contributed by atoms with Gasteiger partial charge in [-0.05, 0) is 6.42 Å². The largest absolute Gasteiger partial charge is 0.329 e. The molecule has 0 radical (unpaired) electrons. The molecule has 5 nitrogen and oxygen atoms in total. The van der Waals surface area contributed by atoms with E-state index in [9.17, 15) is 4.79 Å². The molecule has 0 amide bonds. The first kappa shape index (κ1) is 13.5. The molecule has 0 spiro atoms. The Bertz CT molecular complexity index is 592. The molecule has 98 valence electrons. The van der Waals surface area contributed by atoms with E-state index in [-0.39, 0.29) is 5.56 Å². The Morgan fingerprint density at radius 3 is 3.06 bits per heavy atom. The van der Waals surface area contributed by atoms with Crippen molar-refractivity contribution in [1.82, 2.24) is 14.6 Å². The lowest BCUT2D eigenvalue weighted by Crippen LogP contribution is -2.16. The van der Waals surface area contributed by atoms with Gasteiger partial charge in [-0.25, -0.2) is 4.98 Å². The second-order valence-electron chi connectivity index (χ2n) is 3.99. The van der Waals surface area contributed by atoms with Gasteiger partial charge in [0, 0.05) is 23.6 Å². The third-order valence-electron chi connectivity index (χ3n) is 2.49. The van der Waals surface area contributed by atoms with Crippen LogP contribution in [0.4, 0.5) is 0 Å². The van der Waals surface area contributed by atoms with Crippen LogP contribution >= 0.6 is 23.1 Å². The first-order valence-electron chi connectivity index (χ1n) is 5.84. The van der Waals surface area contributed by atoms with Crippen LogP contribution in [0.3, 0.4) is 0 Å². The molecule has 0 aromatic carbocycles. The van der Waals surface area contributed by atoms with Gasteiger partial charge in [0.25, 0.3) is 5.56 Å². The number of nitrogens with zero attached hydrogens (tertiary/aromatic N) is 3. The van der Waals surface area contributed by atoms with Crippen LogP contribution in [0.5, 0.6) is 0 Å². The molecule has 7 heteroatoms. The van der Waals surface area contributed by atoms with E-state index in [0.29, 0.717) is 22.5 Å². The van der Waals surface area contributed by atoms with E-state index in [0.717, 1.165) is 17.1 Å². The molecule has 0 fully saturated rings. The minimum absolute atomic E-state index is 0.105. The van der Waals surface area contributed by atoms with Gasteiger partial charge in [-0.2, -0.15) is 21.4 Å². The van der Waals surface area contributed by atoms with E-state index in [1.165, 1.54) is 15.9 Å². The van der Waals surface area contributed by atoms with E-state index in [1.807, 2.05) is 6.92 Å². The highest BCUT2D eigenvalue weighted by Crippen LogP contribution is 2.17. The highest BCUT2D eigenvalue weighted by Gasteiger charge is 2.09. The Labute approximate surface area is 113 Å². The van der Waals surface area contributed by atoms with Crippen molar-refractivity contribution in [3.05, 3.63) is 27.1 Å². The van der Waals surface area contributed by atoms with Crippen molar-refractivity contribution in [2.45, 2.75) is 31.3 Å². The molecule has 18 heavy (non-hydrogen) atoms. The first-order chi connectivity index (χ1) is 8.63. The number of hydrogen-bond acceptors (Lipinski definition) is 6. The van der Waals surface area contributed by atoms with Gasteiger partial charge in [0.2, 0.25) is 4.96 Å². The number of thioether (sulfide) groups is 1. The van der Waals surface area contributed by atoms with Gasteiger partial charge in [0.05, 0.1) is 5.69 Å². The Hall–Kier alpha value is -0.920. The highest BCUT2D eigenvalue weighted by molar-refractivity contribution is 7.99. The molecule has 0 saturated heterocycles. The average Bonchev–Trinajstić information content (AvgIpc) is 2.79. The van der Waals surface area contributed by atoms with Crippen LogP contribution in [0, 0.1) is 0 Å². The first-order valence-corrected chi connectivity index (χ1v) is 7.71. The SMILES string of the molecule is CCc1nn2c(=O)cc(CSC(C)CN)nc2s1. The summed E-state index contributed by atoms with van der Waals surface area (Å²) in [5.41, 5.74) is 6.26. The molecule has 2 aromatic rings. The minimum atomic E-state index is -0.105. The van der Waals surface area contributed by atoms with Crippen LogP contribution in [0.1, 0.15) is 24.5 Å². The van der Waals surface area contributed by atoms with E-state index in [2.05, 4.69) is 17.0 Å². The summed E-state index contributed by atoms with van der Waals surface area (Å²) < 4.78 is 1.38. The zero-order chi connectivity index (χ0) is 13.1. The highest BCUT2D eigenvalue weighted by atomic mass is 32.2. The molecule has 0 aliphatic carbocycles. The van der Waals surface area contributed by atoms with Crippen molar-refractivity contribution in [3.63, 3.8) is 0 Å². The van der Waals surface area contributed by atoms with Crippen molar-refractivity contribution in [2.24, 2.45) is 5.73 Å². The number of fused-ring (bicyclic) bond motifs is 1. The molecule has 0 bridgehead atoms. The molecule has 2 aromatic heterocycles. The summed E-state index contributed by atoms with van der Waals surface area (Å²) in [6.07, 6.45) is 0.821. The van der Waals surface area contributed by atoms with Crippen LogP contribution in [-0.4, -0.2) is 26.4 Å². The maximum absolute atomic E-state index is 11.9. The summed E-state index contributed by atoms with van der Waals surface area (Å²) in [4.78, 5) is 17.0. The van der Waals surface area contributed by atoms with Gasteiger partial charge in [-0.15, -0.1) is 0 Å². The van der Waals surface area contributed by atoms with E-state index < -0.39 is 0 Å².